The fraction of sp³-hybridized carbons (Fsp3) is 0.357. The molecule has 0 spiro atoms. The van der Waals surface area contributed by atoms with Gasteiger partial charge < -0.3 is 15.2 Å². The van der Waals surface area contributed by atoms with Gasteiger partial charge in [-0.15, -0.1) is 11.3 Å². The quantitative estimate of drug-likeness (QED) is 0.851. The zero-order valence-corrected chi connectivity index (χ0v) is 11.6. The number of aliphatic hydroxyl groups is 1. The highest BCUT2D eigenvalue weighted by Gasteiger charge is 2.12. The molecule has 1 unspecified atom stereocenters. The van der Waals surface area contributed by atoms with Crippen molar-refractivity contribution in [3.8, 4) is 0 Å². The monoisotopic (exact) mass is 279 g/mol. The minimum Gasteiger partial charge on any atom is -0.386 e. The van der Waals surface area contributed by atoms with Gasteiger partial charge in [-0.2, -0.15) is 0 Å². The van der Waals surface area contributed by atoms with E-state index in [0.717, 1.165) is 15.0 Å². The Morgan fingerprint density at radius 2 is 2.26 bits per heavy atom. The molecule has 0 radical (unpaired) electrons. The molecule has 0 bridgehead atoms. The Hall–Kier alpha value is -1.43. The van der Waals surface area contributed by atoms with Crippen LogP contribution in [0.15, 0.2) is 30.3 Å². The molecule has 0 aliphatic rings. The van der Waals surface area contributed by atoms with Crippen LogP contribution < -0.4 is 5.32 Å². The predicted molar refractivity (Wildman–Crippen MR) is 76.3 cm³/mol. The van der Waals surface area contributed by atoms with Crippen molar-refractivity contribution in [2.24, 2.45) is 0 Å². The van der Waals surface area contributed by atoms with Crippen molar-refractivity contribution in [1.82, 2.24) is 5.32 Å². The summed E-state index contributed by atoms with van der Waals surface area (Å²) in [5, 5.41) is 13.9. The molecule has 0 saturated carbocycles. The average molecular weight is 279 g/mol. The number of benzene rings is 1. The molecule has 1 aromatic carbocycles. The number of fused-ring (bicyclic) bond motifs is 1. The van der Waals surface area contributed by atoms with Gasteiger partial charge in [0.15, 0.2) is 0 Å². The van der Waals surface area contributed by atoms with E-state index in [9.17, 15) is 9.90 Å². The van der Waals surface area contributed by atoms with Crippen LogP contribution in [0.1, 0.15) is 17.4 Å². The third-order valence-corrected chi connectivity index (χ3v) is 4.02. The van der Waals surface area contributed by atoms with E-state index in [0.29, 0.717) is 13.0 Å². The van der Waals surface area contributed by atoms with Crippen LogP contribution in [-0.2, 0) is 9.53 Å². The molecule has 4 nitrogen and oxygen atoms in total. The summed E-state index contributed by atoms with van der Waals surface area (Å²) in [6.07, 6.45) is -0.348. The number of thiophene rings is 1. The lowest BCUT2D eigenvalue weighted by molar-refractivity contribution is -0.122. The molecule has 1 aromatic heterocycles. The first-order valence-corrected chi connectivity index (χ1v) is 6.94. The molecular formula is C14H17NO3S. The summed E-state index contributed by atoms with van der Waals surface area (Å²) in [4.78, 5) is 12.3. The summed E-state index contributed by atoms with van der Waals surface area (Å²) in [6, 6.07) is 9.94. The maximum Gasteiger partial charge on any atom is 0.222 e. The van der Waals surface area contributed by atoms with E-state index in [1.165, 1.54) is 0 Å². The summed E-state index contributed by atoms with van der Waals surface area (Å²) in [5.41, 5.74) is 0. The highest BCUT2D eigenvalue weighted by atomic mass is 32.1. The Morgan fingerprint density at radius 1 is 1.47 bits per heavy atom. The Labute approximate surface area is 116 Å². The van der Waals surface area contributed by atoms with E-state index in [1.54, 1.807) is 18.4 Å². The fourth-order valence-corrected chi connectivity index (χ4v) is 2.81. The van der Waals surface area contributed by atoms with Crippen molar-refractivity contribution in [2.45, 2.75) is 12.5 Å². The molecule has 0 aliphatic carbocycles. The second kappa shape index (κ2) is 6.65. The van der Waals surface area contributed by atoms with Crippen molar-refractivity contribution in [1.29, 1.82) is 0 Å². The molecule has 2 rings (SSSR count). The summed E-state index contributed by atoms with van der Waals surface area (Å²) < 4.78 is 5.96. The number of rotatable bonds is 6. The minimum atomic E-state index is -0.663. The van der Waals surface area contributed by atoms with Gasteiger partial charge in [-0.1, -0.05) is 18.2 Å². The SMILES string of the molecule is COCCC(=O)NCC(O)c1cc2ccccc2s1. The number of hydrogen-bond acceptors (Lipinski definition) is 4. The van der Waals surface area contributed by atoms with E-state index in [1.807, 2.05) is 30.3 Å². The van der Waals surface area contributed by atoms with Gasteiger partial charge in [-0.05, 0) is 17.5 Å². The molecule has 0 saturated heterocycles. The highest BCUT2D eigenvalue weighted by Crippen LogP contribution is 2.29. The molecular weight excluding hydrogens is 262 g/mol. The molecule has 5 heteroatoms. The maximum absolute atomic E-state index is 11.4. The van der Waals surface area contributed by atoms with E-state index in [4.69, 9.17) is 4.74 Å². The van der Waals surface area contributed by atoms with Crippen molar-refractivity contribution in [3.05, 3.63) is 35.2 Å². The number of amides is 1. The number of nitrogens with one attached hydrogen (secondary N) is 1. The molecule has 1 atom stereocenters. The minimum absolute atomic E-state index is 0.109. The van der Waals surface area contributed by atoms with Crippen molar-refractivity contribution in [2.75, 3.05) is 20.3 Å². The van der Waals surface area contributed by atoms with Gasteiger partial charge in [0.25, 0.3) is 0 Å². The first-order chi connectivity index (χ1) is 9.20. The lowest BCUT2D eigenvalue weighted by Crippen LogP contribution is -2.28. The first kappa shape index (κ1) is 14.0. The third-order valence-electron chi connectivity index (χ3n) is 2.80. The number of carbonyl (C=O) groups excluding carboxylic acids is 1. The van der Waals surface area contributed by atoms with Gasteiger partial charge in [0.1, 0.15) is 6.10 Å². The van der Waals surface area contributed by atoms with E-state index in [-0.39, 0.29) is 12.5 Å². The van der Waals surface area contributed by atoms with E-state index >= 15 is 0 Å². The number of ether oxygens (including phenoxy) is 1. The molecule has 2 aromatic rings. The summed E-state index contributed by atoms with van der Waals surface area (Å²) in [7, 11) is 1.55. The molecule has 0 fully saturated rings. The maximum atomic E-state index is 11.4. The Morgan fingerprint density at radius 3 is 3.00 bits per heavy atom. The standard InChI is InChI=1S/C14H17NO3S/c1-18-7-6-14(17)15-9-11(16)13-8-10-4-2-3-5-12(10)19-13/h2-5,8,11,16H,6-7,9H2,1H3,(H,15,17). The van der Waals surface area contributed by atoms with Gasteiger partial charge in [0, 0.05) is 29.7 Å². The molecule has 102 valence electrons. The predicted octanol–water partition coefficient (Wildman–Crippen LogP) is 2.09. The van der Waals surface area contributed by atoms with Crippen LogP contribution in [0.5, 0.6) is 0 Å². The summed E-state index contributed by atoms with van der Waals surface area (Å²) in [6.45, 7) is 0.625. The molecule has 1 heterocycles. The Bertz CT molecular complexity index is 519. The van der Waals surface area contributed by atoms with Crippen LogP contribution in [0.2, 0.25) is 0 Å². The second-order valence-electron chi connectivity index (χ2n) is 4.25. The molecule has 1 amide bonds. The normalized spacial score (nSPS) is 12.5. The van der Waals surface area contributed by atoms with E-state index < -0.39 is 6.10 Å². The fourth-order valence-electron chi connectivity index (χ4n) is 1.76. The number of methoxy groups -OCH3 is 1. The topological polar surface area (TPSA) is 58.6 Å². The van der Waals surface area contributed by atoms with Crippen LogP contribution in [0.25, 0.3) is 10.1 Å². The largest absolute Gasteiger partial charge is 0.386 e. The van der Waals surface area contributed by atoms with Crippen molar-refractivity contribution < 1.29 is 14.6 Å². The van der Waals surface area contributed by atoms with Crippen molar-refractivity contribution in [3.63, 3.8) is 0 Å². The van der Waals surface area contributed by atoms with Crippen molar-refractivity contribution >= 4 is 27.3 Å². The molecule has 2 N–H and O–H groups in total. The molecule has 0 aliphatic heterocycles. The molecule has 19 heavy (non-hydrogen) atoms. The van der Waals surface area contributed by atoms with Gasteiger partial charge in [0.2, 0.25) is 5.91 Å². The lowest BCUT2D eigenvalue weighted by Gasteiger charge is -2.09. The average Bonchev–Trinajstić information content (AvgIpc) is 2.86. The number of hydrogen-bond donors (Lipinski definition) is 2. The summed E-state index contributed by atoms with van der Waals surface area (Å²) in [5.74, 6) is -0.109. The first-order valence-electron chi connectivity index (χ1n) is 6.13. The van der Waals surface area contributed by atoms with Gasteiger partial charge >= 0.3 is 0 Å². The Balaban J connectivity index is 1.92. The lowest BCUT2D eigenvalue weighted by atomic mass is 10.2. The zero-order chi connectivity index (χ0) is 13.7. The van der Waals surface area contributed by atoms with Crippen LogP contribution in [0, 0.1) is 0 Å². The van der Waals surface area contributed by atoms with E-state index in [2.05, 4.69) is 5.32 Å². The zero-order valence-electron chi connectivity index (χ0n) is 10.8. The van der Waals surface area contributed by atoms with Crippen LogP contribution in [0.4, 0.5) is 0 Å². The smallest absolute Gasteiger partial charge is 0.222 e. The third kappa shape index (κ3) is 3.76. The summed E-state index contributed by atoms with van der Waals surface area (Å²) >= 11 is 1.55. The number of carbonyl (C=O) groups is 1. The van der Waals surface area contributed by atoms with Gasteiger partial charge in [0.05, 0.1) is 6.61 Å². The van der Waals surface area contributed by atoms with Gasteiger partial charge in [-0.3, -0.25) is 4.79 Å². The van der Waals surface area contributed by atoms with Crippen LogP contribution in [-0.4, -0.2) is 31.3 Å². The van der Waals surface area contributed by atoms with Crippen LogP contribution >= 0.6 is 11.3 Å². The van der Waals surface area contributed by atoms with Gasteiger partial charge in [-0.25, -0.2) is 0 Å². The Kier molecular flexibility index (Phi) is 4.90. The second-order valence-corrected chi connectivity index (χ2v) is 5.36. The number of aliphatic hydroxyl groups excluding tert-OH is 1. The highest BCUT2D eigenvalue weighted by molar-refractivity contribution is 7.19. The van der Waals surface area contributed by atoms with Crippen LogP contribution in [0.3, 0.4) is 0 Å².